The number of aryl methyl sites for hydroxylation is 1. The molecule has 7 nitrogen and oxygen atoms in total. The van der Waals surface area contributed by atoms with E-state index in [1.54, 1.807) is 18.2 Å². The molecule has 0 bridgehead atoms. The molecule has 0 spiro atoms. The maximum Gasteiger partial charge on any atom is 0.397 e. The van der Waals surface area contributed by atoms with E-state index in [2.05, 4.69) is 4.18 Å². The average Bonchev–Trinajstić information content (AvgIpc) is 2.73. The summed E-state index contributed by atoms with van der Waals surface area (Å²) < 4.78 is 34.5. The first-order chi connectivity index (χ1) is 15.2. The summed E-state index contributed by atoms with van der Waals surface area (Å²) in [6.45, 7) is 2.86. The van der Waals surface area contributed by atoms with Gasteiger partial charge in [0.05, 0.1) is 17.9 Å². The average molecular weight is 474 g/mol. The van der Waals surface area contributed by atoms with Crippen LogP contribution in [0.5, 0.6) is 0 Å². The zero-order valence-electron chi connectivity index (χ0n) is 17.5. The van der Waals surface area contributed by atoms with Gasteiger partial charge >= 0.3 is 10.4 Å². The van der Waals surface area contributed by atoms with Gasteiger partial charge in [0.25, 0.3) is 0 Å². The van der Waals surface area contributed by atoms with Crippen molar-refractivity contribution >= 4 is 33.4 Å². The summed E-state index contributed by atoms with van der Waals surface area (Å²) in [5, 5.41) is 8.99. The molecule has 0 atom stereocenters. The molecule has 0 radical (unpaired) electrons. The quantitative estimate of drug-likeness (QED) is 0.380. The van der Waals surface area contributed by atoms with Crippen LogP contribution in [0.3, 0.4) is 0 Å². The minimum atomic E-state index is -4.41. The van der Waals surface area contributed by atoms with Gasteiger partial charge in [0.1, 0.15) is 6.07 Å². The third-order valence-corrected chi connectivity index (χ3v) is 5.01. The molecule has 0 aliphatic heterocycles. The van der Waals surface area contributed by atoms with Crippen LogP contribution in [0.25, 0.3) is 0 Å². The second kappa shape index (κ2) is 12.1. The minimum Gasteiger partial charge on any atom is -0.398 e. The van der Waals surface area contributed by atoms with Gasteiger partial charge in [-0.15, -0.1) is 0 Å². The number of rotatable bonds is 7. The minimum absolute atomic E-state index is 0.111. The van der Waals surface area contributed by atoms with Gasteiger partial charge in [-0.3, -0.25) is 4.55 Å². The first-order valence-corrected chi connectivity index (χ1v) is 11.3. The summed E-state index contributed by atoms with van der Waals surface area (Å²) >= 11 is 5.58. The van der Waals surface area contributed by atoms with Crippen molar-refractivity contribution in [2.24, 2.45) is 0 Å². The maximum absolute atomic E-state index is 10.7. The van der Waals surface area contributed by atoms with Crippen LogP contribution in [0.15, 0.2) is 72.8 Å². The van der Waals surface area contributed by atoms with E-state index < -0.39 is 10.4 Å². The fourth-order valence-electron chi connectivity index (χ4n) is 2.82. The zero-order valence-corrected chi connectivity index (χ0v) is 19.1. The van der Waals surface area contributed by atoms with Crippen LogP contribution in [0.1, 0.15) is 16.7 Å². The molecule has 0 aliphatic rings. The van der Waals surface area contributed by atoms with Crippen molar-refractivity contribution in [1.82, 2.24) is 0 Å². The fraction of sp³-hybridized carbons (Fsp3) is 0.174. The molecule has 3 rings (SSSR count). The number of halogens is 1. The van der Waals surface area contributed by atoms with Crippen molar-refractivity contribution in [1.29, 1.82) is 5.26 Å². The van der Waals surface area contributed by atoms with Crippen LogP contribution in [-0.2, 0) is 21.1 Å². The molecule has 0 amide bonds. The van der Waals surface area contributed by atoms with Crippen LogP contribution in [0.4, 0.5) is 11.4 Å². The molecule has 0 fully saturated rings. The third kappa shape index (κ3) is 8.96. The van der Waals surface area contributed by atoms with Crippen LogP contribution in [0.2, 0.25) is 5.02 Å². The van der Waals surface area contributed by atoms with Crippen molar-refractivity contribution in [3.8, 4) is 6.07 Å². The Labute approximate surface area is 193 Å². The second-order valence-electron chi connectivity index (χ2n) is 6.84. The molecule has 9 heteroatoms. The Hall–Kier alpha value is -3.09. The molecule has 0 saturated heterocycles. The molecular weight excluding hydrogens is 450 g/mol. The monoisotopic (exact) mass is 473 g/mol. The zero-order chi connectivity index (χ0) is 23.6. The van der Waals surface area contributed by atoms with Gasteiger partial charge in [-0.2, -0.15) is 13.7 Å². The Morgan fingerprint density at radius 1 is 1.09 bits per heavy atom. The van der Waals surface area contributed by atoms with Gasteiger partial charge in [0.2, 0.25) is 0 Å². The first-order valence-electron chi connectivity index (χ1n) is 9.60. The number of nitrogens with two attached hydrogens (primary N) is 1. The molecule has 0 aromatic heterocycles. The number of hydrogen-bond donors (Lipinski definition) is 2. The van der Waals surface area contributed by atoms with Crippen molar-refractivity contribution in [2.45, 2.75) is 13.5 Å². The van der Waals surface area contributed by atoms with Crippen LogP contribution in [-0.4, -0.2) is 26.1 Å². The van der Waals surface area contributed by atoms with E-state index in [1.165, 1.54) is 0 Å². The van der Waals surface area contributed by atoms with Gasteiger partial charge in [-0.25, -0.2) is 4.18 Å². The first kappa shape index (κ1) is 25.2. The van der Waals surface area contributed by atoms with Crippen LogP contribution < -0.4 is 10.6 Å². The summed E-state index contributed by atoms with van der Waals surface area (Å²) in [4.78, 5) is 2.01. The number of nitrogen functional groups attached to an aromatic ring is 1. The number of nitriles is 1. The molecular formula is C23H24ClN3O4S. The van der Waals surface area contributed by atoms with E-state index >= 15 is 0 Å². The van der Waals surface area contributed by atoms with Crippen molar-refractivity contribution in [3.63, 3.8) is 0 Å². The van der Waals surface area contributed by atoms with Crippen molar-refractivity contribution < 1.29 is 17.2 Å². The fourth-order valence-corrected chi connectivity index (χ4v) is 3.28. The Bertz CT molecular complexity index is 1170. The number of anilines is 2. The summed E-state index contributed by atoms with van der Waals surface area (Å²) in [5.41, 5.74) is 9.51. The highest BCUT2D eigenvalue weighted by Crippen LogP contribution is 2.19. The third-order valence-electron chi connectivity index (χ3n) is 4.31. The molecule has 32 heavy (non-hydrogen) atoms. The molecule has 0 aliphatic carbocycles. The Balaban J connectivity index is 0.000000303. The van der Waals surface area contributed by atoms with Crippen LogP contribution >= 0.6 is 11.6 Å². The smallest absolute Gasteiger partial charge is 0.397 e. The summed E-state index contributed by atoms with van der Waals surface area (Å²) in [5.74, 6) is 0. The molecule has 3 aromatic carbocycles. The molecule has 0 saturated carbocycles. The van der Waals surface area contributed by atoms with Gasteiger partial charge in [0.15, 0.2) is 0 Å². The highest BCUT2D eigenvalue weighted by molar-refractivity contribution is 7.80. The lowest BCUT2D eigenvalue weighted by Gasteiger charge is -2.25. The molecule has 0 unspecified atom stereocenters. The van der Waals surface area contributed by atoms with E-state index in [4.69, 9.17) is 27.1 Å². The number of benzene rings is 3. The second-order valence-corrected chi connectivity index (χ2v) is 8.37. The Morgan fingerprint density at radius 3 is 2.41 bits per heavy atom. The Kier molecular flexibility index (Phi) is 9.50. The largest absolute Gasteiger partial charge is 0.398 e. The van der Waals surface area contributed by atoms with Gasteiger partial charge in [0, 0.05) is 23.8 Å². The highest BCUT2D eigenvalue weighted by atomic mass is 35.5. The highest BCUT2D eigenvalue weighted by Gasteiger charge is 2.10. The summed E-state index contributed by atoms with van der Waals surface area (Å²) in [7, 11) is -4.41. The Morgan fingerprint density at radius 2 is 1.81 bits per heavy atom. The van der Waals surface area contributed by atoms with E-state index in [9.17, 15) is 8.42 Å². The predicted molar refractivity (Wildman–Crippen MR) is 127 cm³/mol. The van der Waals surface area contributed by atoms with E-state index in [0.29, 0.717) is 29.4 Å². The molecule has 168 valence electrons. The van der Waals surface area contributed by atoms with Gasteiger partial charge < -0.3 is 10.6 Å². The van der Waals surface area contributed by atoms with Crippen molar-refractivity contribution in [3.05, 3.63) is 94.5 Å². The standard InChI is InChI=1S/C16H19NO4S.C7H5ClN2/c1-14-6-5-9-16(12-14)17(10-11-21-22(18,19)20)13-15-7-3-2-4-8-15;8-6-2-1-5(4-9)7(10)3-6/h2-9,12H,10-11,13H2,1H3,(H,18,19,20);1-3H,10H2. The maximum atomic E-state index is 10.7. The number of nitrogens with zero attached hydrogens (tertiary/aromatic N) is 2. The summed E-state index contributed by atoms with van der Waals surface area (Å²) in [6.07, 6.45) is 0. The van der Waals surface area contributed by atoms with Gasteiger partial charge in [-0.05, 0) is 48.4 Å². The lowest BCUT2D eigenvalue weighted by molar-refractivity contribution is 0.273. The van der Waals surface area contributed by atoms with E-state index in [0.717, 1.165) is 16.8 Å². The topological polar surface area (TPSA) is 117 Å². The SMILES string of the molecule is Cc1cccc(N(CCOS(=O)(=O)O)Cc2ccccc2)c1.N#Cc1ccc(Cl)cc1N. The lowest BCUT2D eigenvalue weighted by Crippen LogP contribution is -2.27. The molecule has 3 N–H and O–H groups in total. The molecule has 0 heterocycles. The van der Waals surface area contributed by atoms with E-state index in [1.807, 2.05) is 72.5 Å². The van der Waals surface area contributed by atoms with Crippen molar-refractivity contribution in [2.75, 3.05) is 23.8 Å². The van der Waals surface area contributed by atoms with Crippen LogP contribution in [0, 0.1) is 18.3 Å². The lowest BCUT2D eigenvalue weighted by atomic mass is 10.1. The van der Waals surface area contributed by atoms with Gasteiger partial charge in [-0.1, -0.05) is 54.1 Å². The van der Waals surface area contributed by atoms with E-state index in [-0.39, 0.29) is 6.61 Å². The summed E-state index contributed by atoms with van der Waals surface area (Å²) in [6, 6.07) is 24.5. The predicted octanol–water partition coefficient (Wildman–Crippen LogP) is 4.61. The normalized spacial score (nSPS) is 10.6. The molecule has 3 aromatic rings. The number of hydrogen-bond acceptors (Lipinski definition) is 6.